The zero-order valence-electron chi connectivity index (χ0n) is 6.66. The van der Waals surface area contributed by atoms with E-state index in [1.54, 1.807) is 5.01 Å². The first-order chi connectivity index (χ1) is 5.90. The summed E-state index contributed by atoms with van der Waals surface area (Å²) >= 11 is 0. The predicted molar refractivity (Wildman–Crippen MR) is 44.9 cm³/mol. The summed E-state index contributed by atoms with van der Waals surface area (Å²) in [5, 5.41) is 1.56. The van der Waals surface area contributed by atoms with Crippen molar-refractivity contribution < 1.29 is 4.79 Å². The molecular formula is C9H10N2O. The van der Waals surface area contributed by atoms with Crippen LogP contribution in [0.2, 0.25) is 0 Å². The molecule has 0 unspecified atom stereocenters. The molecule has 0 spiro atoms. The fraction of sp³-hybridized carbons (Fsp3) is 0.222. The van der Waals surface area contributed by atoms with E-state index in [2.05, 4.69) is 11.5 Å². The van der Waals surface area contributed by atoms with Gasteiger partial charge < -0.3 is 0 Å². The van der Waals surface area contributed by atoms with Crippen molar-refractivity contribution in [3.63, 3.8) is 0 Å². The second kappa shape index (κ2) is 2.95. The van der Waals surface area contributed by atoms with E-state index in [4.69, 9.17) is 0 Å². The fourth-order valence-corrected chi connectivity index (χ4v) is 1.38. The Labute approximate surface area is 71.0 Å². The quantitative estimate of drug-likeness (QED) is 0.615. The third-order valence-corrected chi connectivity index (χ3v) is 2.06. The Balaban J connectivity index is 2.28. The van der Waals surface area contributed by atoms with Gasteiger partial charge in [0.25, 0.3) is 0 Å². The lowest BCUT2D eigenvalue weighted by Crippen LogP contribution is -2.39. The smallest absolute Gasteiger partial charge is 0.224 e. The zero-order chi connectivity index (χ0) is 8.39. The van der Waals surface area contributed by atoms with Gasteiger partial charge in [0.15, 0.2) is 0 Å². The van der Waals surface area contributed by atoms with Crippen LogP contribution in [0.3, 0.4) is 0 Å². The van der Waals surface area contributed by atoms with Gasteiger partial charge >= 0.3 is 0 Å². The molecule has 1 amide bonds. The van der Waals surface area contributed by atoms with Crippen LogP contribution >= 0.6 is 0 Å². The van der Waals surface area contributed by atoms with Gasteiger partial charge in [-0.2, -0.15) is 0 Å². The summed E-state index contributed by atoms with van der Waals surface area (Å²) in [6.45, 7) is 1.41. The molecule has 0 fully saturated rings. The summed E-state index contributed by atoms with van der Waals surface area (Å²) in [6, 6.07) is 8.13. The molecule has 0 bridgehead atoms. The van der Waals surface area contributed by atoms with E-state index in [0.29, 0.717) is 6.54 Å². The average Bonchev–Trinajstić information content (AvgIpc) is 2.17. The minimum atomic E-state index is 0.666. The Bertz CT molecular complexity index is 298. The van der Waals surface area contributed by atoms with Crippen molar-refractivity contribution in [2.45, 2.75) is 13.1 Å². The maximum Gasteiger partial charge on any atom is 0.224 e. The molecule has 1 aliphatic rings. The molecule has 1 aromatic rings. The molecular weight excluding hydrogens is 152 g/mol. The molecule has 62 valence electrons. The standard InChI is InChI=1S/C9H10N2O/c12-7-11-6-9-4-2-1-3-8(9)5-10-11/h1-4,7,10H,5-6H2. The highest BCUT2D eigenvalue weighted by molar-refractivity contribution is 5.47. The van der Waals surface area contributed by atoms with E-state index in [1.165, 1.54) is 11.1 Å². The number of hydrogen-bond acceptors (Lipinski definition) is 2. The molecule has 12 heavy (non-hydrogen) atoms. The number of carbonyl (C=O) groups is 1. The number of rotatable bonds is 1. The number of hydrazine groups is 1. The van der Waals surface area contributed by atoms with E-state index in [0.717, 1.165) is 13.0 Å². The third-order valence-electron chi connectivity index (χ3n) is 2.06. The maximum atomic E-state index is 10.4. The van der Waals surface area contributed by atoms with Crippen molar-refractivity contribution in [1.82, 2.24) is 10.4 Å². The van der Waals surface area contributed by atoms with E-state index < -0.39 is 0 Å². The van der Waals surface area contributed by atoms with Crippen LogP contribution < -0.4 is 5.43 Å². The molecule has 1 N–H and O–H groups in total. The number of benzene rings is 1. The molecule has 0 aliphatic carbocycles. The zero-order valence-corrected chi connectivity index (χ0v) is 6.66. The van der Waals surface area contributed by atoms with Crippen LogP contribution in [0, 0.1) is 0 Å². The largest absolute Gasteiger partial charge is 0.277 e. The fourth-order valence-electron chi connectivity index (χ4n) is 1.38. The number of nitrogens with one attached hydrogen (secondary N) is 1. The van der Waals surface area contributed by atoms with Crippen LogP contribution in [0.4, 0.5) is 0 Å². The van der Waals surface area contributed by atoms with Crippen molar-refractivity contribution >= 4 is 6.41 Å². The second-order valence-electron chi connectivity index (χ2n) is 2.84. The minimum absolute atomic E-state index is 0.666. The van der Waals surface area contributed by atoms with E-state index in [1.807, 2.05) is 18.2 Å². The Morgan fingerprint density at radius 3 is 2.83 bits per heavy atom. The lowest BCUT2D eigenvalue weighted by atomic mass is 10.1. The van der Waals surface area contributed by atoms with Crippen molar-refractivity contribution in [3.8, 4) is 0 Å². The molecule has 3 nitrogen and oxygen atoms in total. The first-order valence-corrected chi connectivity index (χ1v) is 3.92. The summed E-state index contributed by atoms with van der Waals surface area (Å²) in [4.78, 5) is 10.4. The van der Waals surface area contributed by atoms with Crippen molar-refractivity contribution in [1.29, 1.82) is 0 Å². The molecule has 2 rings (SSSR count). The highest BCUT2D eigenvalue weighted by Gasteiger charge is 2.12. The topological polar surface area (TPSA) is 32.3 Å². The van der Waals surface area contributed by atoms with E-state index in [-0.39, 0.29) is 0 Å². The highest BCUT2D eigenvalue weighted by Crippen LogP contribution is 2.13. The summed E-state index contributed by atoms with van der Waals surface area (Å²) in [6.07, 6.45) is 0.815. The number of hydrogen-bond donors (Lipinski definition) is 1. The SMILES string of the molecule is O=CN1Cc2ccccc2CN1. The summed E-state index contributed by atoms with van der Waals surface area (Å²) in [5.74, 6) is 0. The molecule has 0 radical (unpaired) electrons. The minimum Gasteiger partial charge on any atom is -0.277 e. The maximum absolute atomic E-state index is 10.4. The Morgan fingerprint density at radius 2 is 2.08 bits per heavy atom. The molecule has 1 aliphatic heterocycles. The summed E-state index contributed by atoms with van der Waals surface area (Å²) in [7, 11) is 0. The Kier molecular flexibility index (Phi) is 1.80. The van der Waals surface area contributed by atoms with Gasteiger partial charge in [0.1, 0.15) is 0 Å². The molecule has 3 heteroatoms. The van der Waals surface area contributed by atoms with Gasteiger partial charge in [-0.3, -0.25) is 9.80 Å². The van der Waals surface area contributed by atoms with Crippen molar-refractivity contribution in [3.05, 3.63) is 35.4 Å². The van der Waals surface area contributed by atoms with Gasteiger partial charge in [-0.15, -0.1) is 0 Å². The van der Waals surface area contributed by atoms with Crippen LogP contribution in [-0.2, 0) is 17.9 Å². The lowest BCUT2D eigenvalue weighted by Gasteiger charge is -2.25. The van der Waals surface area contributed by atoms with Gasteiger partial charge in [0.2, 0.25) is 6.41 Å². The van der Waals surface area contributed by atoms with E-state index in [9.17, 15) is 4.79 Å². The van der Waals surface area contributed by atoms with Crippen molar-refractivity contribution in [2.24, 2.45) is 0 Å². The average molecular weight is 162 g/mol. The molecule has 0 saturated carbocycles. The number of nitrogens with zero attached hydrogens (tertiary/aromatic N) is 1. The second-order valence-corrected chi connectivity index (χ2v) is 2.84. The predicted octanol–water partition coefficient (Wildman–Crippen LogP) is 0.663. The van der Waals surface area contributed by atoms with Crippen LogP contribution in [0.25, 0.3) is 0 Å². The third kappa shape index (κ3) is 1.19. The van der Waals surface area contributed by atoms with Gasteiger partial charge in [-0.25, -0.2) is 5.43 Å². The summed E-state index contributed by atoms with van der Waals surface area (Å²) < 4.78 is 0. The molecule has 1 aromatic carbocycles. The normalized spacial score (nSPS) is 15.5. The van der Waals surface area contributed by atoms with Gasteiger partial charge in [0, 0.05) is 6.54 Å². The van der Waals surface area contributed by atoms with Gasteiger partial charge in [0.05, 0.1) is 6.54 Å². The Morgan fingerprint density at radius 1 is 1.33 bits per heavy atom. The van der Waals surface area contributed by atoms with Crippen LogP contribution in [0.15, 0.2) is 24.3 Å². The number of fused-ring (bicyclic) bond motifs is 1. The van der Waals surface area contributed by atoms with E-state index >= 15 is 0 Å². The number of amides is 1. The first-order valence-electron chi connectivity index (χ1n) is 3.92. The highest BCUT2D eigenvalue weighted by atomic mass is 16.1. The molecule has 0 aromatic heterocycles. The van der Waals surface area contributed by atoms with Crippen LogP contribution in [0.5, 0.6) is 0 Å². The van der Waals surface area contributed by atoms with Crippen LogP contribution in [-0.4, -0.2) is 11.4 Å². The van der Waals surface area contributed by atoms with Gasteiger partial charge in [-0.05, 0) is 11.1 Å². The molecule has 0 atom stereocenters. The first kappa shape index (κ1) is 7.31. The van der Waals surface area contributed by atoms with Crippen molar-refractivity contribution in [2.75, 3.05) is 0 Å². The molecule has 0 saturated heterocycles. The monoisotopic (exact) mass is 162 g/mol. The molecule has 1 heterocycles. The summed E-state index contributed by atoms with van der Waals surface area (Å²) in [5.41, 5.74) is 5.49. The van der Waals surface area contributed by atoms with Gasteiger partial charge in [-0.1, -0.05) is 24.3 Å². The Hall–Kier alpha value is -1.35. The number of carbonyl (C=O) groups excluding carboxylic acids is 1. The van der Waals surface area contributed by atoms with Crippen LogP contribution in [0.1, 0.15) is 11.1 Å². The lowest BCUT2D eigenvalue weighted by molar-refractivity contribution is -0.122.